The smallest absolute Gasteiger partial charge is 0.220 e. The minimum Gasteiger partial charge on any atom is -0.352 e. The molecule has 0 bridgehead atoms. The molecule has 0 aliphatic carbocycles. The van der Waals surface area contributed by atoms with Gasteiger partial charge < -0.3 is 10.6 Å². The molecule has 1 amide bonds. The number of hydrogen-bond donors (Lipinski definition) is 2. The summed E-state index contributed by atoms with van der Waals surface area (Å²) in [4.78, 5) is 11.7. The average molecular weight is 236 g/mol. The van der Waals surface area contributed by atoms with Gasteiger partial charge in [0, 0.05) is 31.8 Å². The van der Waals surface area contributed by atoms with E-state index < -0.39 is 0 Å². The number of nitrogens with zero attached hydrogens (tertiary/aromatic N) is 2. The van der Waals surface area contributed by atoms with Gasteiger partial charge in [-0.15, -0.1) is 0 Å². The van der Waals surface area contributed by atoms with Crippen LogP contribution < -0.4 is 10.6 Å². The highest BCUT2D eigenvalue weighted by atomic mass is 16.1. The zero-order chi connectivity index (χ0) is 12.1. The van der Waals surface area contributed by atoms with Crippen LogP contribution in [0.15, 0.2) is 12.4 Å². The van der Waals surface area contributed by atoms with Crippen molar-refractivity contribution < 1.29 is 4.79 Å². The second kappa shape index (κ2) is 5.82. The quantitative estimate of drug-likeness (QED) is 0.797. The van der Waals surface area contributed by atoms with Gasteiger partial charge in [-0.3, -0.25) is 9.48 Å². The van der Waals surface area contributed by atoms with Crippen molar-refractivity contribution in [2.75, 3.05) is 13.1 Å². The molecule has 5 nitrogen and oxygen atoms in total. The number of carbonyl (C=O) groups excluding carboxylic acids is 1. The molecule has 1 aliphatic heterocycles. The molecule has 0 radical (unpaired) electrons. The lowest BCUT2D eigenvalue weighted by molar-refractivity contribution is -0.122. The molecule has 2 rings (SSSR count). The number of aromatic nitrogens is 2. The molecule has 5 heteroatoms. The van der Waals surface area contributed by atoms with Crippen molar-refractivity contribution in [2.24, 2.45) is 13.0 Å². The van der Waals surface area contributed by atoms with Gasteiger partial charge in [-0.05, 0) is 31.8 Å². The summed E-state index contributed by atoms with van der Waals surface area (Å²) in [5.41, 5.74) is 1.04. The number of carbonyl (C=O) groups is 1. The van der Waals surface area contributed by atoms with Crippen molar-refractivity contribution in [1.82, 2.24) is 20.4 Å². The van der Waals surface area contributed by atoms with Crippen molar-refractivity contribution in [1.29, 1.82) is 0 Å². The van der Waals surface area contributed by atoms with Crippen molar-refractivity contribution in [3.8, 4) is 0 Å². The first-order valence-corrected chi connectivity index (χ1v) is 6.19. The molecule has 1 aliphatic rings. The molecule has 1 aromatic heterocycles. The molecule has 1 aromatic rings. The standard InChI is InChI=1S/C12H20N4O/c1-16-9-11(8-15-16)7-14-12(17)5-10-3-2-4-13-6-10/h8-10,13H,2-7H2,1H3,(H,14,17). The third-order valence-electron chi connectivity index (χ3n) is 3.12. The minimum atomic E-state index is 0.141. The van der Waals surface area contributed by atoms with Crippen molar-refractivity contribution >= 4 is 5.91 Å². The first kappa shape index (κ1) is 12.1. The fraction of sp³-hybridized carbons (Fsp3) is 0.667. The van der Waals surface area contributed by atoms with Crippen LogP contribution in [-0.4, -0.2) is 28.8 Å². The van der Waals surface area contributed by atoms with Gasteiger partial charge in [-0.1, -0.05) is 0 Å². The molecule has 1 unspecified atom stereocenters. The summed E-state index contributed by atoms with van der Waals surface area (Å²) in [5.74, 6) is 0.639. The summed E-state index contributed by atoms with van der Waals surface area (Å²) < 4.78 is 1.74. The summed E-state index contributed by atoms with van der Waals surface area (Å²) in [6.45, 7) is 2.64. The number of nitrogens with one attached hydrogen (secondary N) is 2. The molecule has 2 N–H and O–H groups in total. The molecule has 0 spiro atoms. The van der Waals surface area contributed by atoms with Gasteiger partial charge in [0.15, 0.2) is 0 Å². The fourth-order valence-electron chi connectivity index (χ4n) is 2.20. The zero-order valence-electron chi connectivity index (χ0n) is 10.3. The second-order valence-corrected chi connectivity index (χ2v) is 4.72. The Morgan fingerprint density at radius 2 is 2.59 bits per heavy atom. The third-order valence-corrected chi connectivity index (χ3v) is 3.12. The molecule has 94 valence electrons. The normalized spacial score (nSPS) is 20.2. The van der Waals surface area contributed by atoms with Crippen molar-refractivity contribution in [3.05, 3.63) is 18.0 Å². The van der Waals surface area contributed by atoms with Gasteiger partial charge in [0.05, 0.1) is 6.20 Å². The van der Waals surface area contributed by atoms with E-state index in [4.69, 9.17) is 0 Å². The summed E-state index contributed by atoms with van der Waals surface area (Å²) in [7, 11) is 1.87. The summed E-state index contributed by atoms with van der Waals surface area (Å²) in [5, 5.41) is 10.3. The number of rotatable bonds is 4. The van der Waals surface area contributed by atoms with E-state index in [1.165, 1.54) is 6.42 Å². The van der Waals surface area contributed by atoms with E-state index in [2.05, 4.69) is 15.7 Å². The molecule has 1 fully saturated rings. The van der Waals surface area contributed by atoms with Crippen LogP contribution in [0.4, 0.5) is 0 Å². The Labute approximate surface area is 102 Å². The summed E-state index contributed by atoms with van der Waals surface area (Å²) in [6.07, 6.45) is 6.67. The summed E-state index contributed by atoms with van der Waals surface area (Å²) >= 11 is 0. The van der Waals surface area contributed by atoms with Crippen LogP contribution in [0.2, 0.25) is 0 Å². The fourth-order valence-corrected chi connectivity index (χ4v) is 2.20. The highest BCUT2D eigenvalue weighted by molar-refractivity contribution is 5.76. The predicted octanol–water partition coefficient (Wildman–Crippen LogP) is 0.426. The minimum absolute atomic E-state index is 0.141. The maximum Gasteiger partial charge on any atom is 0.220 e. The lowest BCUT2D eigenvalue weighted by atomic mass is 9.96. The SMILES string of the molecule is Cn1cc(CNC(=O)CC2CCCNC2)cn1. The van der Waals surface area contributed by atoms with Crippen LogP contribution >= 0.6 is 0 Å². The molecule has 0 aromatic carbocycles. The van der Waals surface area contributed by atoms with E-state index in [0.717, 1.165) is 25.1 Å². The molecule has 0 saturated carbocycles. The van der Waals surface area contributed by atoms with Crippen LogP contribution in [0.3, 0.4) is 0 Å². The molecule has 1 saturated heterocycles. The van der Waals surface area contributed by atoms with E-state index in [-0.39, 0.29) is 5.91 Å². The van der Waals surface area contributed by atoms with Gasteiger partial charge in [0.1, 0.15) is 0 Å². The Hall–Kier alpha value is -1.36. The van der Waals surface area contributed by atoms with Crippen LogP contribution in [0.25, 0.3) is 0 Å². The highest BCUT2D eigenvalue weighted by Gasteiger charge is 2.16. The lowest BCUT2D eigenvalue weighted by Crippen LogP contribution is -2.34. The maximum atomic E-state index is 11.7. The second-order valence-electron chi connectivity index (χ2n) is 4.72. The molecule has 17 heavy (non-hydrogen) atoms. The van der Waals surface area contributed by atoms with E-state index in [9.17, 15) is 4.79 Å². The zero-order valence-corrected chi connectivity index (χ0v) is 10.3. The Morgan fingerprint density at radius 1 is 1.71 bits per heavy atom. The lowest BCUT2D eigenvalue weighted by Gasteiger charge is -2.21. The molecular weight excluding hydrogens is 216 g/mol. The van der Waals surface area contributed by atoms with Crippen molar-refractivity contribution in [2.45, 2.75) is 25.8 Å². The number of hydrogen-bond acceptors (Lipinski definition) is 3. The predicted molar refractivity (Wildman–Crippen MR) is 65.3 cm³/mol. The average Bonchev–Trinajstić information content (AvgIpc) is 2.74. The summed E-state index contributed by atoms with van der Waals surface area (Å²) in [6, 6.07) is 0. The van der Waals surface area contributed by atoms with E-state index in [1.807, 2.05) is 13.2 Å². The third kappa shape index (κ3) is 3.85. The Morgan fingerprint density at radius 3 is 3.24 bits per heavy atom. The van der Waals surface area contributed by atoms with Crippen LogP contribution in [0.5, 0.6) is 0 Å². The number of amides is 1. The van der Waals surface area contributed by atoms with E-state index >= 15 is 0 Å². The van der Waals surface area contributed by atoms with E-state index in [0.29, 0.717) is 18.9 Å². The van der Waals surface area contributed by atoms with E-state index in [1.54, 1.807) is 10.9 Å². The molecule has 2 heterocycles. The first-order valence-electron chi connectivity index (χ1n) is 6.19. The first-order chi connectivity index (χ1) is 8.24. The number of piperidine rings is 1. The topological polar surface area (TPSA) is 59.0 Å². The Balaban J connectivity index is 1.70. The maximum absolute atomic E-state index is 11.7. The Bertz CT molecular complexity index is 368. The molecular formula is C12H20N4O. The van der Waals surface area contributed by atoms with Crippen LogP contribution in [0, 0.1) is 5.92 Å². The van der Waals surface area contributed by atoms with Crippen LogP contribution in [0.1, 0.15) is 24.8 Å². The van der Waals surface area contributed by atoms with Gasteiger partial charge in [0.25, 0.3) is 0 Å². The van der Waals surface area contributed by atoms with Crippen molar-refractivity contribution in [3.63, 3.8) is 0 Å². The van der Waals surface area contributed by atoms with Gasteiger partial charge >= 0.3 is 0 Å². The Kier molecular flexibility index (Phi) is 4.14. The van der Waals surface area contributed by atoms with Crippen LogP contribution in [-0.2, 0) is 18.4 Å². The molecule has 1 atom stereocenters. The highest BCUT2D eigenvalue weighted by Crippen LogP contribution is 2.13. The van der Waals surface area contributed by atoms with Gasteiger partial charge in [0.2, 0.25) is 5.91 Å². The number of aryl methyl sites for hydroxylation is 1. The largest absolute Gasteiger partial charge is 0.352 e. The van der Waals surface area contributed by atoms with Gasteiger partial charge in [-0.25, -0.2) is 0 Å². The van der Waals surface area contributed by atoms with Gasteiger partial charge in [-0.2, -0.15) is 5.10 Å². The monoisotopic (exact) mass is 236 g/mol.